The summed E-state index contributed by atoms with van der Waals surface area (Å²) in [6.45, 7) is 6.45. The van der Waals surface area contributed by atoms with Crippen molar-refractivity contribution < 1.29 is 9.18 Å². The van der Waals surface area contributed by atoms with Gasteiger partial charge in [0.25, 0.3) is 0 Å². The number of carbonyl (C=O) groups is 1. The van der Waals surface area contributed by atoms with Crippen molar-refractivity contribution >= 4 is 17.1 Å². The maximum Gasteiger partial charge on any atom is 0.160 e. The van der Waals surface area contributed by atoms with Gasteiger partial charge in [0.05, 0.1) is 16.6 Å². The largest absolute Gasteiger partial charge is 0.294 e. The smallest absolute Gasteiger partial charge is 0.160 e. The molecule has 4 rings (SSSR count). The molecule has 1 aromatic carbocycles. The first-order valence-corrected chi connectivity index (χ1v) is 9.70. The Morgan fingerprint density at radius 2 is 1.92 bits per heavy atom. The van der Waals surface area contributed by atoms with Crippen LogP contribution in [0.5, 0.6) is 0 Å². The maximum atomic E-state index is 13.5. The van der Waals surface area contributed by atoms with E-state index in [2.05, 4.69) is 25.8 Å². The van der Waals surface area contributed by atoms with Crippen LogP contribution in [0.2, 0.25) is 0 Å². The number of fused-ring (bicyclic) bond motifs is 1. The van der Waals surface area contributed by atoms with Crippen LogP contribution in [0, 0.1) is 11.2 Å². The molecule has 2 aliphatic carbocycles. The average Bonchev–Trinajstić information content (AvgIpc) is 3.01. The van der Waals surface area contributed by atoms with E-state index in [1.165, 1.54) is 17.7 Å². The molecule has 0 aliphatic heterocycles. The number of hydrogen-bond donors (Lipinski definition) is 0. The molecule has 1 heterocycles. The summed E-state index contributed by atoms with van der Waals surface area (Å²) in [5, 5.41) is 0. The number of benzene rings is 1. The van der Waals surface area contributed by atoms with Gasteiger partial charge in [-0.3, -0.25) is 4.79 Å². The van der Waals surface area contributed by atoms with Gasteiger partial charge in [-0.15, -0.1) is 11.3 Å². The molecule has 2 aliphatic rings. The second-order valence-corrected chi connectivity index (χ2v) is 8.84. The lowest BCUT2D eigenvalue weighted by Crippen LogP contribution is -2.42. The molecule has 0 saturated carbocycles. The normalized spacial score (nSPS) is 24.9. The van der Waals surface area contributed by atoms with E-state index in [1.54, 1.807) is 11.3 Å². The number of nitrogens with zero attached hydrogens (tertiary/aromatic N) is 1. The Kier molecular flexibility index (Phi) is 3.73. The predicted octanol–water partition coefficient (Wildman–Crippen LogP) is 5.22. The minimum Gasteiger partial charge on any atom is -0.294 e. The van der Waals surface area contributed by atoms with Crippen LogP contribution in [-0.2, 0) is 16.6 Å². The fraction of sp³-hybridized carbons (Fsp3) is 0.429. The van der Waals surface area contributed by atoms with Gasteiger partial charge in [0.2, 0.25) is 0 Å². The molecule has 0 fully saturated rings. The molecule has 4 heteroatoms. The number of carbonyl (C=O) groups excluding carboxylic acids is 1. The molecular formula is C21H22FNOS. The zero-order valence-electron chi connectivity index (χ0n) is 14.9. The van der Waals surface area contributed by atoms with Crippen LogP contribution < -0.4 is 0 Å². The van der Waals surface area contributed by atoms with Gasteiger partial charge in [-0.1, -0.05) is 38.5 Å². The van der Waals surface area contributed by atoms with Crippen molar-refractivity contribution in [2.45, 2.75) is 51.9 Å². The third-order valence-electron chi connectivity index (χ3n) is 5.67. The fourth-order valence-corrected chi connectivity index (χ4v) is 5.86. The van der Waals surface area contributed by atoms with Gasteiger partial charge in [-0.25, -0.2) is 9.37 Å². The first kappa shape index (κ1) is 16.6. The summed E-state index contributed by atoms with van der Waals surface area (Å²) in [7, 11) is 0. The molecule has 1 unspecified atom stereocenters. The van der Waals surface area contributed by atoms with E-state index in [9.17, 15) is 9.18 Å². The van der Waals surface area contributed by atoms with Crippen molar-refractivity contribution in [1.29, 1.82) is 0 Å². The monoisotopic (exact) mass is 355 g/mol. The van der Waals surface area contributed by atoms with Crippen molar-refractivity contribution in [3.05, 3.63) is 62.9 Å². The van der Waals surface area contributed by atoms with E-state index in [0.29, 0.717) is 6.42 Å². The van der Waals surface area contributed by atoms with Gasteiger partial charge < -0.3 is 0 Å². The second kappa shape index (κ2) is 5.60. The molecule has 1 aromatic heterocycles. The molecule has 0 spiro atoms. The first-order valence-electron chi connectivity index (χ1n) is 8.82. The van der Waals surface area contributed by atoms with Gasteiger partial charge in [-0.2, -0.15) is 0 Å². The number of halogens is 1. The number of aromatic nitrogens is 1. The third kappa shape index (κ3) is 2.42. The van der Waals surface area contributed by atoms with Crippen molar-refractivity contribution in [2.75, 3.05) is 0 Å². The van der Waals surface area contributed by atoms with Crippen molar-refractivity contribution in [1.82, 2.24) is 4.98 Å². The highest BCUT2D eigenvalue weighted by Crippen LogP contribution is 2.54. The molecule has 25 heavy (non-hydrogen) atoms. The summed E-state index contributed by atoms with van der Waals surface area (Å²) >= 11 is 1.62. The zero-order valence-corrected chi connectivity index (χ0v) is 15.7. The summed E-state index contributed by atoms with van der Waals surface area (Å²) in [5.41, 5.74) is 5.66. The molecule has 130 valence electrons. The molecule has 0 saturated heterocycles. The van der Waals surface area contributed by atoms with Gasteiger partial charge in [0, 0.05) is 23.3 Å². The van der Waals surface area contributed by atoms with E-state index >= 15 is 0 Å². The minimum absolute atomic E-state index is 0.00822. The number of thiazole rings is 1. The molecule has 0 N–H and O–H groups in total. The predicted molar refractivity (Wildman–Crippen MR) is 98.3 cm³/mol. The van der Waals surface area contributed by atoms with E-state index in [-0.39, 0.29) is 17.0 Å². The molecular weight excluding hydrogens is 333 g/mol. The third-order valence-corrected chi connectivity index (χ3v) is 6.70. The first-order chi connectivity index (χ1) is 11.9. The number of allylic oxidation sites excluding steroid dienone is 2. The van der Waals surface area contributed by atoms with E-state index < -0.39 is 5.41 Å². The molecule has 2 nitrogen and oxygen atoms in total. The van der Waals surface area contributed by atoms with Crippen LogP contribution in [0.4, 0.5) is 4.39 Å². The Hall–Kier alpha value is -1.81. The van der Waals surface area contributed by atoms with E-state index in [4.69, 9.17) is 0 Å². The van der Waals surface area contributed by atoms with Crippen molar-refractivity contribution in [3.8, 4) is 0 Å². The summed E-state index contributed by atoms with van der Waals surface area (Å²) in [6.07, 6.45) is 3.04. The number of rotatable bonds is 2. The Morgan fingerprint density at radius 3 is 2.60 bits per heavy atom. The van der Waals surface area contributed by atoms with E-state index in [0.717, 1.165) is 41.0 Å². The Balaban J connectivity index is 2.01. The second-order valence-electron chi connectivity index (χ2n) is 7.99. The zero-order chi connectivity index (χ0) is 17.8. The summed E-state index contributed by atoms with van der Waals surface area (Å²) < 4.78 is 13.5. The summed E-state index contributed by atoms with van der Waals surface area (Å²) in [4.78, 5) is 19.0. The lowest BCUT2D eigenvalue weighted by molar-refractivity contribution is -0.118. The standard InChI is InChI=1S/C21H22FNOS/c1-4-21(14-5-7-15(22)8-6-14)18-13(9-16-19(21)25-12-23-16)10-20(2,3)11-17(18)24/h5-8,12H,4,9-11H2,1-3H3. The molecule has 2 aromatic rings. The Labute approximate surface area is 151 Å². The lowest BCUT2D eigenvalue weighted by Gasteiger charge is -2.44. The van der Waals surface area contributed by atoms with Crippen LogP contribution in [0.25, 0.3) is 0 Å². The van der Waals surface area contributed by atoms with Gasteiger partial charge in [0.1, 0.15) is 5.82 Å². The number of ketones is 1. The molecule has 0 bridgehead atoms. The SMILES string of the molecule is CCC1(c2ccc(F)cc2)C2=C(Cc3ncsc31)CC(C)(C)CC2=O. The fourth-order valence-electron chi connectivity index (χ4n) is 4.75. The van der Waals surface area contributed by atoms with Crippen molar-refractivity contribution in [3.63, 3.8) is 0 Å². The highest BCUT2D eigenvalue weighted by atomic mass is 32.1. The van der Waals surface area contributed by atoms with Crippen LogP contribution >= 0.6 is 11.3 Å². The van der Waals surface area contributed by atoms with Crippen LogP contribution in [0.1, 0.15) is 56.2 Å². The van der Waals surface area contributed by atoms with Gasteiger partial charge in [-0.05, 0) is 36.0 Å². The van der Waals surface area contributed by atoms with E-state index in [1.807, 2.05) is 17.6 Å². The molecule has 0 radical (unpaired) electrons. The van der Waals surface area contributed by atoms with Gasteiger partial charge in [0.15, 0.2) is 5.78 Å². The topological polar surface area (TPSA) is 30.0 Å². The quantitative estimate of drug-likeness (QED) is 0.739. The summed E-state index contributed by atoms with van der Waals surface area (Å²) in [6, 6.07) is 6.68. The van der Waals surface area contributed by atoms with Crippen LogP contribution in [0.15, 0.2) is 40.9 Å². The summed E-state index contributed by atoms with van der Waals surface area (Å²) in [5.74, 6) is -0.00266. The lowest BCUT2D eigenvalue weighted by atomic mass is 9.59. The number of Topliss-reactive ketones (excluding diaryl/α,β-unsaturated/α-hetero) is 1. The maximum absolute atomic E-state index is 13.5. The average molecular weight is 355 g/mol. The minimum atomic E-state index is -0.481. The number of hydrogen-bond acceptors (Lipinski definition) is 3. The van der Waals surface area contributed by atoms with Gasteiger partial charge >= 0.3 is 0 Å². The highest BCUT2D eigenvalue weighted by Gasteiger charge is 2.49. The molecule has 0 amide bonds. The molecule has 1 atom stereocenters. The van der Waals surface area contributed by atoms with Crippen molar-refractivity contribution in [2.24, 2.45) is 5.41 Å². The Bertz CT molecular complexity index is 878. The highest BCUT2D eigenvalue weighted by molar-refractivity contribution is 7.10. The van der Waals surface area contributed by atoms with Crippen LogP contribution in [-0.4, -0.2) is 10.8 Å². The van der Waals surface area contributed by atoms with Crippen LogP contribution in [0.3, 0.4) is 0 Å². The Morgan fingerprint density at radius 1 is 1.20 bits per heavy atom.